The number of rotatable bonds is 5. The van der Waals surface area contributed by atoms with Crippen LogP contribution < -0.4 is 13.9 Å². The smallest absolute Gasteiger partial charge is 0.125 e. The molecule has 3 N–H and O–H groups in total. The van der Waals surface area contributed by atoms with Gasteiger partial charge < -0.3 is 5.32 Å². The van der Waals surface area contributed by atoms with Crippen molar-refractivity contribution in [1.82, 2.24) is 5.32 Å². The summed E-state index contributed by atoms with van der Waals surface area (Å²) >= 11 is 6.03. The normalized spacial score (nSPS) is 17.5. The van der Waals surface area contributed by atoms with Crippen LogP contribution in [0, 0.1) is 5.82 Å². The number of benzene rings is 2. The number of anilines is 2. The lowest BCUT2D eigenvalue weighted by Gasteiger charge is -2.46. The second-order valence-electron chi connectivity index (χ2n) is 5.91. The van der Waals surface area contributed by atoms with Crippen LogP contribution >= 0.6 is 35.0 Å². The highest BCUT2D eigenvalue weighted by molar-refractivity contribution is 8.26. The molecule has 0 saturated heterocycles. The fraction of sp³-hybridized carbons (Fsp3) is 0.294. The Labute approximate surface area is 165 Å². The maximum absolute atomic E-state index is 13.9. The minimum absolute atomic E-state index is 0. The van der Waals surface area contributed by atoms with Gasteiger partial charge in [-0.1, -0.05) is 23.7 Å². The van der Waals surface area contributed by atoms with Gasteiger partial charge in [-0.2, -0.15) is 0 Å². The van der Waals surface area contributed by atoms with Crippen molar-refractivity contribution in [2.75, 3.05) is 29.3 Å². The largest absolute Gasteiger partial charge is 0.320 e. The standard InChI is InChI=1S/C17H21ClFN3O2S.ClH/c1-20-8-7-15(12-9-13(18)11-14(19)10-12)22-17-6-4-3-5-16(17)21(2)25(22,23)24;/h3-6,9-11,15,20,23-24H,7-8H2,1-2H3;1H/t15-;/m1./s1. The zero-order valence-corrected chi connectivity index (χ0v) is 16.8. The van der Waals surface area contributed by atoms with E-state index in [1.165, 1.54) is 16.4 Å². The average Bonchev–Trinajstić information content (AvgIpc) is 2.75. The minimum atomic E-state index is -3.26. The van der Waals surface area contributed by atoms with Crippen LogP contribution in [-0.2, 0) is 0 Å². The summed E-state index contributed by atoms with van der Waals surface area (Å²) in [5, 5.41) is 3.34. The first-order chi connectivity index (χ1) is 11.9. The van der Waals surface area contributed by atoms with Crippen molar-refractivity contribution in [3.63, 3.8) is 0 Å². The van der Waals surface area contributed by atoms with Crippen LogP contribution in [0.4, 0.5) is 15.8 Å². The number of nitrogens with one attached hydrogen (secondary N) is 1. The molecule has 0 bridgehead atoms. The van der Waals surface area contributed by atoms with E-state index in [2.05, 4.69) is 5.32 Å². The third kappa shape index (κ3) is 3.74. The quantitative estimate of drug-likeness (QED) is 0.627. The van der Waals surface area contributed by atoms with E-state index in [-0.39, 0.29) is 17.4 Å². The van der Waals surface area contributed by atoms with Gasteiger partial charge in [-0.3, -0.25) is 13.4 Å². The van der Waals surface area contributed by atoms with E-state index in [0.717, 1.165) is 5.69 Å². The first-order valence-electron chi connectivity index (χ1n) is 7.87. The molecular weight excluding hydrogens is 400 g/mol. The molecule has 3 rings (SSSR count). The molecule has 1 aliphatic heterocycles. The molecule has 1 aliphatic rings. The lowest BCUT2D eigenvalue weighted by molar-refractivity contribution is 0.468. The van der Waals surface area contributed by atoms with E-state index >= 15 is 0 Å². The van der Waals surface area contributed by atoms with Crippen molar-refractivity contribution in [1.29, 1.82) is 0 Å². The Balaban J connectivity index is 0.00000243. The predicted octanol–water partition coefficient (Wildman–Crippen LogP) is 5.09. The molecule has 0 fully saturated rings. The fourth-order valence-corrected chi connectivity index (χ4v) is 5.02. The molecule has 5 nitrogen and oxygen atoms in total. The van der Waals surface area contributed by atoms with E-state index in [9.17, 15) is 13.5 Å². The lowest BCUT2D eigenvalue weighted by Crippen LogP contribution is -2.35. The van der Waals surface area contributed by atoms with Crippen molar-refractivity contribution in [3.05, 3.63) is 58.9 Å². The van der Waals surface area contributed by atoms with Gasteiger partial charge >= 0.3 is 0 Å². The predicted molar refractivity (Wildman–Crippen MR) is 110 cm³/mol. The molecule has 0 amide bonds. The summed E-state index contributed by atoms with van der Waals surface area (Å²) in [6.07, 6.45) is 0.550. The van der Waals surface area contributed by atoms with Crippen molar-refractivity contribution in [2.24, 2.45) is 0 Å². The second-order valence-corrected chi connectivity index (χ2v) is 8.27. The van der Waals surface area contributed by atoms with Crippen molar-refractivity contribution in [2.45, 2.75) is 12.5 Å². The Morgan fingerprint density at radius 2 is 1.85 bits per heavy atom. The van der Waals surface area contributed by atoms with Crippen LogP contribution in [0.2, 0.25) is 5.02 Å². The number of halogens is 3. The molecule has 1 atom stereocenters. The Morgan fingerprint density at radius 1 is 1.19 bits per heavy atom. The zero-order chi connectivity index (χ0) is 18.2. The Hall–Kier alpha value is -1.22. The second kappa shape index (κ2) is 8.21. The van der Waals surface area contributed by atoms with E-state index in [4.69, 9.17) is 11.6 Å². The van der Waals surface area contributed by atoms with Crippen LogP contribution in [0.3, 0.4) is 0 Å². The Bertz CT molecular complexity index is 761. The third-order valence-corrected chi connectivity index (χ3v) is 6.44. The van der Waals surface area contributed by atoms with Crippen LogP contribution in [0.1, 0.15) is 18.0 Å². The molecule has 0 spiro atoms. The number of fused-ring (bicyclic) bond motifs is 1. The molecule has 0 unspecified atom stereocenters. The van der Waals surface area contributed by atoms with Gasteiger partial charge in [0.05, 0.1) is 17.4 Å². The Morgan fingerprint density at radius 3 is 2.46 bits per heavy atom. The summed E-state index contributed by atoms with van der Waals surface area (Å²) in [5.74, 6) is -0.450. The van der Waals surface area contributed by atoms with Gasteiger partial charge in [-0.05, 0) is 66.9 Å². The average molecular weight is 422 g/mol. The van der Waals surface area contributed by atoms with Gasteiger partial charge in [0.1, 0.15) is 5.82 Å². The van der Waals surface area contributed by atoms with Crippen molar-refractivity contribution < 1.29 is 13.5 Å². The van der Waals surface area contributed by atoms with Gasteiger partial charge in [0.25, 0.3) is 0 Å². The first-order valence-corrected chi connectivity index (χ1v) is 9.71. The highest BCUT2D eigenvalue weighted by Gasteiger charge is 2.42. The maximum Gasteiger partial charge on any atom is 0.125 e. The molecule has 0 saturated carbocycles. The van der Waals surface area contributed by atoms with Gasteiger partial charge in [-0.15, -0.1) is 12.4 Å². The molecule has 1 heterocycles. The van der Waals surface area contributed by atoms with E-state index < -0.39 is 22.8 Å². The summed E-state index contributed by atoms with van der Waals surface area (Å²) in [6, 6.07) is 11.2. The van der Waals surface area contributed by atoms with Crippen molar-refractivity contribution in [3.8, 4) is 0 Å². The van der Waals surface area contributed by atoms with Gasteiger partial charge in [0.15, 0.2) is 0 Å². The monoisotopic (exact) mass is 421 g/mol. The van der Waals surface area contributed by atoms with Gasteiger partial charge in [-0.25, -0.2) is 8.70 Å². The molecule has 2 aromatic rings. The molecule has 2 aromatic carbocycles. The molecule has 0 radical (unpaired) electrons. The van der Waals surface area contributed by atoms with Crippen LogP contribution in [0.15, 0.2) is 42.5 Å². The highest BCUT2D eigenvalue weighted by Crippen LogP contribution is 2.63. The minimum Gasteiger partial charge on any atom is -0.320 e. The van der Waals surface area contributed by atoms with E-state index in [1.807, 2.05) is 31.3 Å². The van der Waals surface area contributed by atoms with E-state index in [0.29, 0.717) is 24.2 Å². The SMILES string of the molecule is CNCC[C@H](c1cc(F)cc(Cl)c1)N1c2ccccc2N(C)S1(O)O.Cl. The first kappa shape index (κ1) is 21.1. The number of hydrogen-bond acceptors (Lipinski definition) is 5. The summed E-state index contributed by atoms with van der Waals surface area (Å²) in [6.45, 7) is 0.622. The van der Waals surface area contributed by atoms with Gasteiger partial charge in [0, 0.05) is 12.1 Å². The zero-order valence-electron chi connectivity index (χ0n) is 14.4. The lowest BCUT2D eigenvalue weighted by atomic mass is 10.0. The highest BCUT2D eigenvalue weighted by atomic mass is 35.5. The molecule has 144 valence electrons. The van der Waals surface area contributed by atoms with Crippen LogP contribution in [0.25, 0.3) is 0 Å². The number of nitrogens with zero attached hydrogens (tertiary/aromatic N) is 2. The van der Waals surface area contributed by atoms with E-state index in [1.54, 1.807) is 17.4 Å². The summed E-state index contributed by atoms with van der Waals surface area (Å²) < 4.78 is 38.7. The molecule has 0 aliphatic carbocycles. The topological polar surface area (TPSA) is 59.0 Å². The molecule has 9 heteroatoms. The van der Waals surface area contributed by atoms with Crippen LogP contribution in [0.5, 0.6) is 0 Å². The number of para-hydroxylation sites is 2. The third-order valence-electron chi connectivity index (χ3n) is 4.31. The maximum atomic E-state index is 13.9. The van der Waals surface area contributed by atoms with Crippen molar-refractivity contribution >= 4 is 46.3 Å². The molecule has 26 heavy (non-hydrogen) atoms. The summed E-state index contributed by atoms with van der Waals surface area (Å²) in [4.78, 5) is 0. The molecule has 0 aromatic heterocycles. The summed E-state index contributed by atoms with van der Waals surface area (Å²) in [5.41, 5.74) is 2.02. The molecular formula is C17H22Cl2FN3O2S. The Kier molecular flexibility index (Phi) is 6.65. The van der Waals surface area contributed by atoms with Crippen LogP contribution in [-0.4, -0.2) is 29.7 Å². The number of hydrogen-bond donors (Lipinski definition) is 3. The fourth-order valence-electron chi connectivity index (χ4n) is 3.12. The summed E-state index contributed by atoms with van der Waals surface area (Å²) in [7, 11) is 0.203. The van der Waals surface area contributed by atoms with Gasteiger partial charge in [0.2, 0.25) is 0 Å².